The van der Waals surface area contributed by atoms with Crippen LogP contribution in [0.3, 0.4) is 0 Å². The maximum absolute atomic E-state index is 13.5. The lowest BCUT2D eigenvalue weighted by atomic mass is 10.2. The molecule has 0 aliphatic heterocycles. The lowest BCUT2D eigenvalue weighted by molar-refractivity contribution is -0.0498. The average Bonchev–Trinajstić information content (AvgIpc) is 3.11. The van der Waals surface area contributed by atoms with Gasteiger partial charge in [-0.15, -0.1) is 10.2 Å². The van der Waals surface area contributed by atoms with Crippen molar-refractivity contribution < 1.29 is 22.3 Å². The van der Waals surface area contributed by atoms with Crippen molar-refractivity contribution in [2.45, 2.75) is 16.9 Å². The molecule has 0 N–H and O–H groups in total. The van der Waals surface area contributed by atoms with Gasteiger partial charge in [-0.05, 0) is 54.2 Å². The van der Waals surface area contributed by atoms with E-state index >= 15 is 0 Å². The van der Waals surface area contributed by atoms with Crippen LogP contribution in [0.25, 0.3) is 22.4 Å². The van der Waals surface area contributed by atoms with E-state index in [1.807, 2.05) is 0 Å². The molecule has 0 radical (unpaired) electrons. The van der Waals surface area contributed by atoms with E-state index in [-0.39, 0.29) is 16.9 Å². The van der Waals surface area contributed by atoms with Gasteiger partial charge in [0.25, 0.3) is 5.22 Å². The summed E-state index contributed by atoms with van der Waals surface area (Å²) in [7, 11) is 0. The predicted molar refractivity (Wildman–Crippen MR) is 90.0 cm³/mol. The van der Waals surface area contributed by atoms with Crippen LogP contribution in [-0.2, 0) is 0 Å². The third-order valence-corrected chi connectivity index (χ3v) is 4.34. The molecule has 0 spiro atoms. The number of halogens is 3. The van der Waals surface area contributed by atoms with Crippen molar-refractivity contribution in [3.05, 3.63) is 54.6 Å². The van der Waals surface area contributed by atoms with E-state index in [4.69, 9.17) is 4.42 Å². The second-order valence-electron chi connectivity index (χ2n) is 5.22. The number of benzene rings is 2. The minimum Gasteiger partial charge on any atom is -0.435 e. The molecule has 0 bridgehead atoms. The fraction of sp³-hybridized carbons (Fsp3) is 0.0588. The van der Waals surface area contributed by atoms with Crippen molar-refractivity contribution in [3.8, 4) is 17.2 Å². The Bertz CT molecular complexity index is 1090. The van der Waals surface area contributed by atoms with E-state index in [9.17, 15) is 13.2 Å². The Kier molecular flexibility index (Phi) is 4.63. The molecule has 0 fully saturated rings. The summed E-state index contributed by atoms with van der Waals surface area (Å²) in [5.41, 5.74) is 1.12. The van der Waals surface area contributed by atoms with Crippen LogP contribution in [0.5, 0.6) is 5.75 Å². The Labute approximate surface area is 154 Å². The van der Waals surface area contributed by atoms with Gasteiger partial charge in [-0.2, -0.15) is 8.78 Å². The van der Waals surface area contributed by atoms with E-state index in [1.165, 1.54) is 42.7 Å². The fourth-order valence-electron chi connectivity index (χ4n) is 2.32. The van der Waals surface area contributed by atoms with Gasteiger partial charge in [-0.1, -0.05) is 0 Å². The standard InChI is InChI=1S/C17H9F3N4O2S/c18-10-3-6-13-12(7-10)15(22-8-21-13)27-17-24-23-14(26-17)9-1-4-11(5-2-9)25-16(19)20/h1-8,16H. The molecule has 27 heavy (non-hydrogen) atoms. The third kappa shape index (κ3) is 3.85. The Morgan fingerprint density at radius 3 is 2.59 bits per heavy atom. The quantitative estimate of drug-likeness (QED) is 0.462. The van der Waals surface area contributed by atoms with Crippen molar-refractivity contribution in [2.24, 2.45) is 0 Å². The molecule has 0 saturated heterocycles. The van der Waals surface area contributed by atoms with Crippen molar-refractivity contribution >= 4 is 22.7 Å². The minimum absolute atomic E-state index is 0.0253. The average molecular weight is 390 g/mol. The zero-order valence-corrected chi connectivity index (χ0v) is 14.2. The molecule has 0 aliphatic carbocycles. The molecule has 0 unspecified atom stereocenters. The Morgan fingerprint density at radius 1 is 1.00 bits per heavy atom. The SMILES string of the molecule is Fc1ccc2ncnc(Sc3nnc(-c4ccc(OC(F)F)cc4)o3)c2c1. The highest BCUT2D eigenvalue weighted by Gasteiger charge is 2.14. The van der Waals surface area contributed by atoms with Crippen LogP contribution < -0.4 is 4.74 Å². The van der Waals surface area contributed by atoms with Crippen molar-refractivity contribution in [1.29, 1.82) is 0 Å². The van der Waals surface area contributed by atoms with Crippen molar-refractivity contribution in [1.82, 2.24) is 20.2 Å². The fourth-order valence-corrected chi connectivity index (χ4v) is 3.06. The Morgan fingerprint density at radius 2 is 1.81 bits per heavy atom. The van der Waals surface area contributed by atoms with Gasteiger partial charge >= 0.3 is 6.61 Å². The molecule has 10 heteroatoms. The van der Waals surface area contributed by atoms with Crippen LogP contribution in [0.2, 0.25) is 0 Å². The van der Waals surface area contributed by atoms with Crippen molar-refractivity contribution in [3.63, 3.8) is 0 Å². The molecule has 2 aromatic heterocycles. The number of alkyl halides is 2. The van der Waals surface area contributed by atoms with Crippen molar-refractivity contribution in [2.75, 3.05) is 0 Å². The molecule has 0 saturated carbocycles. The van der Waals surface area contributed by atoms with Gasteiger partial charge in [0, 0.05) is 10.9 Å². The summed E-state index contributed by atoms with van der Waals surface area (Å²) in [6.07, 6.45) is 1.36. The number of fused-ring (bicyclic) bond motifs is 1. The molecular weight excluding hydrogens is 381 g/mol. The molecular formula is C17H9F3N4O2S. The highest BCUT2D eigenvalue weighted by atomic mass is 32.2. The summed E-state index contributed by atoms with van der Waals surface area (Å²) in [5, 5.41) is 9.04. The van der Waals surface area contributed by atoms with Gasteiger partial charge in [0.1, 0.15) is 22.9 Å². The number of ether oxygens (including phenoxy) is 1. The van der Waals surface area contributed by atoms with E-state index in [0.717, 1.165) is 11.8 Å². The summed E-state index contributed by atoms with van der Waals surface area (Å²) in [4.78, 5) is 8.22. The van der Waals surface area contributed by atoms with E-state index in [2.05, 4.69) is 24.9 Å². The van der Waals surface area contributed by atoms with Gasteiger partial charge in [0.15, 0.2) is 0 Å². The molecule has 0 atom stereocenters. The molecule has 2 aromatic carbocycles. The zero-order valence-electron chi connectivity index (χ0n) is 13.3. The lowest BCUT2D eigenvalue weighted by Crippen LogP contribution is -2.01. The Balaban J connectivity index is 1.58. The zero-order chi connectivity index (χ0) is 18.8. The summed E-state index contributed by atoms with van der Waals surface area (Å²) in [6, 6.07) is 9.99. The topological polar surface area (TPSA) is 73.9 Å². The van der Waals surface area contributed by atoms with Crippen LogP contribution in [0.1, 0.15) is 0 Å². The first-order valence-electron chi connectivity index (χ1n) is 7.55. The maximum atomic E-state index is 13.5. The molecule has 0 amide bonds. The van der Waals surface area contributed by atoms with Crippen LogP contribution in [0.15, 0.2) is 63.5 Å². The first kappa shape index (κ1) is 17.3. The summed E-state index contributed by atoms with van der Waals surface area (Å²) < 4.78 is 47.8. The van der Waals surface area contributed by atoms with E-state index in [0.29, 0.717) is 21.5 Å². The molecule has 2 heterocycles. The highest BCUT2D eigenvalue weighted by molar-refractivity contribution is 7.99. The first-order chi connectivity index (χ1) is 13.1. The minimum atomic E-state index is -2.89. The van der Waals surface area contributed by atoms with Gasteiger partial charge in [-0.3, -0.25) is 0 Å². The summed E-state index contributed by atoms with van der Waals surface area (Å²) in [5.74, 6) is -0.181. The number of aromatic nitrogens is 4. The molecule has 0 aliphatic rings. The second-order valence-corrected chi connectivity index (χ2v) is 6.16. The van der Waals surface area contributed by atoms with Crippen LogP contribution in [-0.4, -0.2) is 26.8 Å². The van der Waals surface area contributed by atoms with Gasteiger partial charge in [-0.25, -0.2) is 14.4 Å². The second kappa shape index (κ2) is 7.23. The van der Waals surface area contributed by atoms with Crippen LogP contribution >= 0.6 is 11.8 Å². The Hall–Kier alpha value is -3.14. The number of rotatable bonds is 5. The number of hydrogen-bond donors (Lipinski definition) is 0. The molecule has 136 valence electrons. The largest absolute Gasteiger partial charge is 0.435 e. The van der Waals surface area contributed by atoms with Gasteiger partial charge in [0.2, 0.25) is 5.89 Å². The maximum Gasteiger partial charge on any atom is 0.387 e. The third-order valence-electron chi connectivity index (χ3n) is 3.48. The number of nitrogens with zero attached hydrogens (tertiary/aromatic N) is 4. The van der Waals surface area contributed by atoms with Crippen LogP contribution in [0.4, 0.5) is 13.2 Å². The van der Waals surface area contributed by atoms with E-state index in [1.54, 1.807) is 6.07 Å². The van der Waals surface area contributed by atoms with E-state index < -0.39 is 12.4 Å². The first-order valence-corrected chi connectivity index (χ1v) is 8.37. The van der Waals surface area contributed by atoms with Crippen LogP contribution in [0, 0.1) is 5.82 Å². The normalized spacial score (nSPS) is 11.3. The smallest absolute Gasteiger partial charge is 0.387 e. The van der Waals surface area contributed by atoms with Gasteiger partial charge in [0.05, 0.1) is 5.52 Å². The lowest BCUT2D eigenvalue weighted by Gasteiger charge is -2.03. The summed E-state index contributed by atoms with van der Waals surface area (Å²) >= 11 is 1.07. The predicted octanol–water partition coefficient (Wildman–Crippen LogP) is 4.57. The molecule has 4 aromatic rings. The highest BCUT2D eigenvalue weighted by Crippen LogP contribution is 2.32. The number of hydrogen-bond acceptors (Lipinski definition) is 7. The van der Waals surface area contributed by atoms with Gasteiger partial charge < -0.3 is 9.15 Å². The monoisotopic (exact) mass is 390 g/mol. The molecule has 6 nitrogen and oxygen atoms in total. The molecule has 4 rings (SSSR count). The summed E-state index contributed by atoms with van der Waals surface area (Å²) in [6.45, 7) is -2.89.